The predicted molar refractivity (Wildman–Crippen MR) is 71.3 cm³/mol. The van der Waals surface area contributed by atoms with Gasteiger partial charge >= 0.3 is 0 Å². The molecule has 1 aromatic heterocycles. The van der Waals surface area contributed by atoms with Crippen LogP contribution in [-0.4, -0.2) is 16.3 Å². The van der Waals surface area contributed by atoms with Crippen molar-refractivity contribution in [2.45, 2.75) is 51.0 Å². The Kier molecular flexibility index (Phi) is 2.35. The number of nitrogens with one attached hydrogen (secondary N) is 1. The first-order valence-corrected chi connectivity index (χ1v) is 7.53. The Morgan fingerprint density at radius 1 is 1.39 bits per heavy atom. The summed E-state index contributed by atoms with van der Waals surface area (Å²) in [7, 11) is 2.08. The van der Waals surface area contributed by atoms with E-state index < -0.39 is 0 Å². The maximum Gasteiger partial charge on any atom is 0.0540 e. The summed E-state index contributed by atoms with van der Waals surface area (Å²) >= 11 is 0. The molecule has 1 unspecified atom stereocenters. The smallest absolute Gasteiger partial charge is 0.0540 e. The van der Waals surface area contributed by atoms with Crippen molar-refractivity contribution in [2.24, 2.45) is 18.4 Å². The molecule has 0 bridgehead atoms. The minimum Gasteiger partial charge on any atom is -0.309 e. The van der Waals surface area contributed by atoms with Crippen molar-refractivity contribution in [1.29, 1.82) is 0 Å². The normalized spacial score (nSPS) is 29.1. The van der Waals surface area contributed by atoms with Gasteiger partial charge in [0.15, 0.2) is 0 Å². The van der Waals surface area contributed by atoms with E-state index in [1.54, 1.807) is 0 Å². The lowest BCUT2D eigenvalue weighted by Gasteiger charge is -2.26. The summed E-state index contributed by atoms with van der Waals surface area (Å²) in [4.78, 5) is 0. The number of hydrogen-bond donors (Lipinski definition) is 1. The topological polar surface area (TPSA) is 29.9 Å². The molecule has 3 aliphatic carbocycles. The molecule has 18 heavy (non-hydrogen) atoms. The monoisotopic (exact) mass is 245 g/mol. The second-order valence-electron chi connectivity index (χ2n) is 6.63. The van der Waals surface area contributed by atoms with E-state index >= 15 is 0 Å². The lowest BCUT2D eigenvalue weighted by molar-refractivity contribution is 0.354. The fourth-order valence-electron chi connectivity index (χ4n) is 3.83. The van der Waals surface area contributed by atoms with E-state index in [0.717, 1.165) is 5.92 Å². The summed E-state index contributed by atoms with van der Waals surface area (Å²) in [5.74, 6) is 1.06. The van der Waals surface area contributed by atoms with E-state index in [1.807, 2.05) is 0 Å². The zero-order chi connectivity index (χ0) is 12.2. The molecule has 1 heterocycles. The average molecular weight is 245 g/mol. The van der Waals surface area contributed by atoms with Gasteiger partial charge < -0.3 is 5.32 Å². The van der Waals surface area contributed by atoms with E-state index in [4.69, 9.17) is 0 Å². The van der Waals surface area contributed by atoms with E-state index in [-0.39, 0.29) is 0 Å². The Morgan fingerprint density at radius 3 is 2.94 bits per heavy atom. The average Bonchev–Trinajstić information content (AvgIpc) is 3.26. The van der Waals surface area contributed by atoms with Gasteiger partial charge in [0.25, 0.3) is 0 Å². The van der Waals surface area contributed by atoms with Crippen molar-refractivity contribution in [2.75, 3.05) is 6.54 Å². The van der Waals surface area contributed by atoms with Crippen molar-refractivity contribution in [1.82, 2.24) is 15.1 Å². The molecule has 0 radical (unpaired) electrons. The molecule has 0 spiro atoms. The van der Waals surface area contributed by atoms with Crippen LogP contribution in [0.2, 0.25) is 0 Å². The summed E-state index contributed by atoms with van der Waals surface area (Å²) in [6.45, 7) is 1.25. The van der Waals surface area contributed by atoms with E-state index in [9.17, 15) is 0 Å². The van der Waals surface area contributed by atoms with E-state index in [0.29, 0.717) is 11.5 Å². The lowest BCUT2D eigenvalue weighted by atomic mass is 9.91. The first-order valence-electron chi connectivity index (χ1n) is 7.53. The van der Waals surface area contributed by atoms with Crippen LogP contribution >= 0.6 is 0 Å². The first kappa shape index (κ1) is 11.0. The Labute approximate surface area is 109 Å². The number of aryl methyl sites for hydroxylation is 1. The number of fused-ring (bicyclic) bond motifs is 1. The van der Waals surface area contributed by atoms with Gasteiger partial charge in [-0.1, -0.05) is 0 Å². The summed E-state index contributed by atoms with van der Waals surface area (Å²) < 4.78 is 2.07. The van der Waals surface area contributed by atoms with Crippen molar-refractivity contribution < 1.29 is 0 Å². The molecule has 98 valence electrons. The second-order valence-corrected chi connectivity index (χ2v) is 6.63. The van der Waals surface area contributed by atoms with Gasteiger partial charge in [0.2, 0.25) is 0 Å². The lowest BCUT2D eigenvalue weighted by Crippen LogP contribution is -2.31. The Balaban J connectivity index is 1.46. The van der Waals surface area contributed by atoms with Crippen LogP contribution in [0.1, 0.15) is 55.8 Å². The predicted octanol–water partition coefficient (Wildman–Crippen LogP) is 2.58. The highest BCUT2D eigenvalue weighted by molar-refractivity contribution is 5.25. The first-order chi connectivity index (χ1) is 8.78. The van der Waals surface area contributed by atoms with E-state index in [2.05, 4.69) is 28.3 Å². The molecule has 1 aromatic rings. The molecule has 3 nitrogen and oxygen atoms in total. The van der Waals surface area contributed by atoms with Gasteiger partial charge in [-0.2, -0.15) is 5.10 Å². The SMILES string of the molecule is Cn1ncc2c1CCCC2NCC1(C2CC2)CC1. The number of hydrogen-bond acceptors (Lipinski definition) is 2. The molecule has 0 saturated heterocycles. The zero-order valence-corrected chi connectivity index (χ0v) is 11.3. The van der Waals surface area contributed by atoms with Crippen LogP contribution in [0.4, 0.5) is 0 Å². The molecular formula is C15H23N3. The van der Waals surface area contributed by atoms with Crippen molar-refractivity contribution >= 4 is 0 Å². The van der Waals surface area contributed by atoms with Crippen molar-refractivity contribution in [3.8, 4) is 0 Å². The van der Waals surface area contributed by atoms with Crippen LogP contribution < -0.4 is 5.32 Å². The molecule has 2 saturated carbocycles. The van der Waals surface area contributed by atoms with Gasteiger partial charge in [-0.05, 0) is 56.3 Å². The maximum atomic E-state index is 4.43. The van der Waals surface area contributed by atoms with Gasteiger partial charge in [-0.25, -0.2) is 0 Å². The van der Waals surface area contributed by atoms with Crippen LogP contribution in [0.3, 0.4) is 0 Å². The molecule has 4 rings (SSSR count). The van der Waals surface area contributed by atoms with Gasteiger partial charge in [0.05, 0.1) is 6.20 Å². The largest absolute Gasteiger partial charge is 0.309 e. The maximum absolute atomic E-state index is 4.43. The molecule has 0 aliphatic heterocycles. The van der Waals surface area contributed by atoms with Gasteiger partial charge in [-0.3, -0.25) is 4.68 Å². The molecule has 3 heteroatoms. The van der Waals surface area contributed by atoms with Crippen LogP contribution in [-0.2, 0) is 13.5 Å². The number of aromatic nitrogens is 2. The highest BCUT2D eigenvalue weighted by Gasteiger charge is 2.53. The van der Waals surface area contributed by atoms with Crippen molar-refractivity contribution in [3.05, 3.63) is 17.5 Å². The third-order valence-electron chi connectivity index (χ3n) is 5.41. The highest BCUT2D eigenvalue weighted by atomic mass is 15.3. The van der Waals surface area contributed by atoms with Gasteiger partial charge in [-0.15, -0.1) is 0 Å². The van der Waals surface area contributed by atoms with Gasteiger partial charge in [0.1, 0.15) is 0 Å². The summed E-state index contributed by atoms with van der Waals surface area (Å²) in [5.41, 5.74) is 3.63. The fraction of sp³-hybridized carbons (Fsp3) is 0.800. The number of nitrogens with zero attached hydrogens (tertiary/aromatic N) is 2. The molecule has 0 amide bonds. The third-order valence-corrected chi connectivity index (χ3v) is 5.41. The summed E-state index contributed by atoms with van der Waals surface area (Å²) in [6, 6.07) is 0.568. The Morgan fingerprint density at radius 2 is 2.22 bits per heavy atom. The summed E-state index contributed by atoms with van der Waals surface area (Å²) in [6.07, 6.45) is 11.8. The minimum absolute atomic E-state index is 0.568. The number of rotatable bonds is 4. The van der Waals surface area contributed by atoms with Crippen LogP contribution in [0.25, 0.3) is 0 Å². The van der Waals surface area contributed by atoms with Gasteiger partial charge in [0, 0.05) is 30.9 Å². The molecule has 2 fully saturated rings. The van der Waals surface area contributed by atoms with Crippen LogP contribution in [0.15, 0.2) is 6.20 Å². The minimum atomic E-state index is 0.568. The van der Waals surface area contributed by atoms with Crippen molar-refractivity contribution in [3.63, 3.8) is 0 Å². The van der Waals surface area contributed by atoms with Crippen LogP contribution in [0.5, 0.6) is 0 Å². The standard InChI is InChI=1S/C15H23N3/c1-18-14-4-2-3-13(12(14)9-17-18)16-10-15(7-8-15)11-5-6-11/h9,11,13,16H,2-8,10H2,1H3. The zero-order valence-electron chi connectivity index (χ0n) is 11.3. The Bertz CT molecular complexity index is 454. The Hall–Kier alpha value is -0.830. The highest BCUT2D eigenvalue weighted by Crippen LogP contribution is 2.61. The molecule has 3 aliphatic rings. The quantitative estimate of drug-likeness (QED) is 0.883. The molecule has 1 N–H and O–H groups in total. The molecular weight excluding hydrogens is 222 g/mol. The summed E-state index contributed by atoms with van der Waals surface area (Å²) in [5, 5.41) is 8.29. The second kappa shape index (κ2) is 3.83. The van der Waals surface area contributed by atoms with E-state index in [1.165, 1.54) is 62.7 Å². The third kappa shape index (κ3) is 1.71. The van der Waals surface area contributed by atoms with Crippen LogP contribution in [0, 0.1) is 11.3 Å². The molecule has 0 aromatic carbocycles. The fourth-order valence-corrected chi connectivity index (χ4v) is 3.83. The molecule has 1 atom stereocenters.